The Balaban J connectivity index is 1.61. The van der Waals surface area contributed by atoms with Gasteiger partial charge in [0.05, 0.1) is 23.3 Å². The highest BCUT2D eigenvalue weighted by atomic mass is 32.1. The number of aromatic nitrogens is 2. The molecule has 1 amide bonds. The van der Waals surface area contributed by atoms with Gasteiger partial charge in [0, 0.05) is 10.4 Å². The standard InChI is InChI=1S/C21H19N3OS/c1-14-5-7-19(15(2)10-14)24-13-23-18-11-16(6-8-20(18)24)21(25)22-12-17-4-3-9-26-17/h3-11,13H,12H2,1-2H3,(H,22,25). The van der Waals surface area contributed by atoms with Crippen LogP contribution >= 0.6 is 11.3 Å². The number of amides is 1. The van der Waals surface area contributed by atoms with Gasteiger partial charge in [0.25, 0.3) is 5.91 Å². The van der Waals surface area contributed by atoms with Crippen molar-refractivity contribution < 1.29 is 4.79 Å². The number of thiophene rings is 1. The summed E-state index contributed by atoms with van der Waals surface area (Å²) in [4.78, 5) is 18.0. The Hall–Kier alpha value is -2.92. The Morgan fingerprint density at radius 2 is 2.04 bits per heavy atom. The lowest BCUT2D eigenvalue weighted by Crippen LogP contribution is -2.22. The number of hydrogen-bond acceptors (Lipinski definition) is 3. The molecule has 0 aliphatic rings. The van der Waals surface area contributed by atoms with Crippen molar-refractivity contribution in [1.82, 2.24) is 14.9 Å². The Labute approximate surface area is 156 Å². The summed E-state index contributed by atoms with van der Waals surface area (Å²) >= 11 is 1.64. The van der Waals surface area contributed by atoms with Crippen LogP contribution in [0.2, 0.25) is 0 Å². The predicted octanol–water partition coefficient (Wildman–Crippen LogP) is 4.63. The normalized spacial score (nSPS) is 11.0. The van der Waals surface area contributed by atoms with Crippen LogP contribution in [0.4, 0.5) is 0 Å². The Bertz CT molecular complexity index is 1080. The van der Waals surface area contributed by atoms with Gasteiger partial charge in [-0.2, -0.15) is 0 Å². The van der Waals surface area contributed by atoms with Crippen molar-refractivity contribution in [3.05, 3.63) is 81.8 Å². The molecule has 0 saturated heterocycles. The van der Waals surface area contributed by atoms with E-state index in [4.69, 9.17) is 0 Å². The van der Waals surface area contributed by atoms with Crippen molar-refractivity contribution in [1.29, 1.82) is 0 Å². The molecule has 0 aliphatic carbocycles. The molecule has 0 atom stereocenters. The molecule has 4 rings (SSSR count). The Morgan fingerprint density at radius 1 is 1.15 bits per heavy atom. The maximum atomic E-state index is 12.4. The second-order valence-electron chi connectivity index (χ2n) is 6.37. The minimum Gasteiger partial charge on any atom is -0.347 e. The molecule has 2 aromatic heterocycles. The van der Waals surface area contributed by atoms with Gasteiger partial charge in [0.2, 0.25) is 0 Å². The van der Waals surface area contributed by atoms with Gasteiger partial charge < -0.3 is 5.32 Å². The zero-order valence-corrected chi connectivity index (χ0v) is 15.5. The molecule has 0 bridgehead atoms. The summed E-state index contributed by atoms with van der Waals surface area (Å²) in [6, 6.07) is 16.0. The number of benzene rings is 2. The fraction of sp³-hybridized carbons (Fsp3) is 0.143. The van der Waals surface area contributed by atoms with E-state index in [-0.39, 0.29) is 5.91 Å². The molecule has 2 heterocycles. The number of aryl methyl sites for hydroxylation is 2. The fourth-order valence-corrected chi connectivity index (χ4v) is 3.75. The van der Waals surface area contributed by atoms with E-state index in [1.54, 1.807) is 11.3 Å². The molecule has 4 aromatic rings. The van der Waals surface area contributed by atoms with Gasteiger partial charge in [-0.05, 0) is 55.1 Å². The number of nitrogens with one attached hydrogen (secondary N) is 1. The molecule has 5 heteroatoms. The molecular weight excluding hydrogens is 342 g/mol. The number of hydrogen-bond donors (Lipinski definition) is 1. The minimum absolute atomic E-state index is 0.0821. The number of rotatable bonds is 4. The van der Waals surface area contributed by atoms with Crippen molar-refractivity contribution in [3.63, 3.8) is 0 Å². The van der Waals surface area contributed by atoms with E-state index in [1.165, 1.54) is 11.1 Å². The highest BCUT2D eigenvalue weighted by Crippen LogP contribution is 2.22. The molecule has 4 nitrogen and oxygen atoms in total. The third-order valence-corrected chi connectivity index (χ3v) is 5.30. The second-order valence-corrected chi connectivity index (χ2v) is 7.40. The first kappa shape index (κ1) is 16.5. The lowest BCUT2D eigenvalue weighted by molar-refractivity contribution is 0.0951. The van der Waals surface area contributed by atoms with Gasteiger partial charge in [-0.3, -0.25) is 9.36 Å². The van der Waals surface area contributed by atoms with E-state index >= 15 is 0 Å². The van der Waals surface area contributed by atoms with E-state index < -0.39 is 0 Å². The van der Waals surface area contributed by atoms with Crippen LogP contribution in [0.15, 0.2) is 60.2 Å². The zero-order valence-electron chi connectivity index (χ0n) is 14.7. The molecule has 2 aromatic carbocycles. The largest absolute Gasteiger partial charge is 0.347 e. The van der Waals surface area contributed by atoms with Crippen molar-refractivity contribution >= 4 is 28.3 Å². The van der Waals surface area contributed by atoms with Crippen LogP contribution in [0.5, 0.6) is 0 Å². The minimum atomic E-state index is -0.0821. The zero-order chi connectivity index (χ0) is 18.1. The average molecular weight is 361 g/mol. The third kappa shape index (κ3) is 3.13. The van der Waals surface area contributed by atoms with Crippen LogP contribution in [0, 0.1) is 13.8 Å². The van der Waals surface area contributed by atoms with Crippen LogP contribution in [-0.4, -0.2) is 15.5 Å². The van der Waals surface area contributed by atoms with Crippen LogP contribution in [0.3, 0.4) is 0 Å². The lowest BCUT2D eigenvalue weighted by Gasteiger charge is -2.09. The van der Waals surface area contributed by atoms with Crippen molar-refractivity contribution in [2.45, 2.75) is 20.4 Å². The van der Waals surface area contributed by atoms with E-state index in [2.05, 4.69) is 46.9 Å². The van der Waals surface area contributed by atoms with E-state index in [1.807, 2.05) is 42.0 Å². The Morgan fingerprint density at radius 3 is 2.81 bits per heavy atom. The summed E-state index contributed by atoms with van der Waals surface area (Å²) in [6.07, 6.45) is 1.82. The van der Waals surface area contributed by atoms with E-state index in [0.29, 0.717) is 12.1 Å². The molecule has 0 spiro atoms. The topological polar surface area (TPSA) is 46.9 Å². The van der Waals surface area contributed by atoms with Crippen LogP contribution in [0.25, 0.3) is 16.7 Å². The van der Waals surface area contributed by atoms with Gasteiger partial charge in [-0.1, -0.05) is 23.8 Å². The van der Waals surface area contributed by atoms with Gasteiger partial charge in [0.1, 0.15) is 6.33 Å². The highest BCUT2D eigenvalue weighted by molar-refractivity contribution is 7.09. The van der Waals surface area contributed by atoms with Crippen LogP contribution in [-0.2, 0) is 6.54 Å². The molecule has 0 fully saturated rings. The molecule has 130 valence electrons. The van der Waals surface area contributed by atoms with Gasteiger partial charge in [-0.25, -0.2) is 4.98 Å². The molecule has 26 heavy (non-hydrogen) atoms. The summed E-state index contributed by atoms with van der Waals surface area (Å²) in [7, 11) is 0. The summed E-state index contributed by atoms with van der Waals surface area (Å²) in [5.74, 6) is -0.0821. The number of fused-ring (bicyclic) bond motifs is 1. The number of carbonyl (C=O) groups is 1. The number of imidazole rings is 1. The Kier molecular flexibility index (Phi) is 4.31. The quantitative estimate of drug-likeness (QED) is 0.576. The van der Waals surface area contributed by atoms with Gasteiger partial charge >= 0.3 is 0 Å². The third-order valence-electron chi connectivity index (χ3n) is 4.42. The molecule has 0 saturated carbocycles. The maximum absolute atomic E-state index is 12.4. The summed E-state index contributed by atoms with van der Waals surface area (Å²) in [5, 5.41) is 4.96. The van der Waals surface area contributed by atoms with Crippen molar-refractivity contribution in [3.8, 4) is 5.69 Å². The molecule has 0 radical (unpaired) electrons. The monoisotopic (exact) mass is 361 g/mol. The lowest BCUT2D eigenvalue weighted by atomic mass is 10.1. The van der Waals surface area contributed by atoms with Crippen LogP contribution < -0.4 is 5.32 Å². The molecule has 1 N–H and O–H groups in total. The SMILES string of the molecule is Cc1ccc(-n2cnc3cc(C(=O)NCc4cccs4)ccc32)c(C)c1. The molecular formula is C21H19N3OS. The first-order valence-corrected chi connectivity index (χ1v) is 9.35. The first-order chi connectivity index (χ1) is 12.6. The van der Waals surface area contributed by atoms with Gasteiger partial charge in [0.15, 0.2) is 0 Å². The fourth-order valence-electron chi connectivity index (χ4n) is 3.10. The number of nitrogens with zero attached hydrogens (tertiary/aromatic N) is 2. The van der Waals surface area contributed by atoms with Gasteiger partial charge in [-0.15, -0.1) is 11.3 Å². The smallest absolute Gasteiger partial charge is 0.251 e. The average Bonchev–Trinajstić information content (AvgIpc) is 3.29. The van der Waals surface area contributed by atoms with Crippen molar-refractivity contribution in [2.75, 3.05) is 0 Å². The second kappa shape index (κ2) is 6.77. The maximum Gasteiger partial charge on any atom is 0.251 e. The predicted molar refractivity (Wildman–Crippen MR) is 106 cm³/mol. The molecule has 0 aliphatic heterocycles. The summed E-state index contributed by atoms with van der Waals surface area (Å²) < 4.78 is 2.07. The van der Waals surface area contributed by atoms with E-state index in [9.17, 15) is 4.79 Å². The molecule has 0 unspecified atom stereocenters. The summed E-state index contributed by atoms with van der Waals surface area (Å²) in [5.41, 5.74) is 5.97. The first-order valence-electron chi connectivity index (χ1n) is 8.47. The van der Waals surface area contributed by atoms with E-state index in [0.717, 1.165) is 21.6 Å². The highest BCUT2D eigenvalue weighted by Gasteiger charge is 2.11. The van der Waals surface area contributed by atoms with Crippen molar-refractivity contribution in [2.24, 2.45) is 0 Å². The number of carbonyl (C=O) groups excluding carboxylic acids is 1. The summed E-state index contributed by atoms with van der Waals surface area (Å²) in [6.45, 7) is 4.73. The van der Waals surface area contributed by atoms with Crippen LogP contribution in [0.1, 0.15) is 26.4 Å².